The van der Waals surface area contributed by atoms with Crippen molar-refractivity contribution < 1.29 is 14.7 Å². The summed E-state index contributed by atoms with van der Waals surface area (Å²) in [5.74, 6) is -1.38. The van der Waals surface area contributed by atoms with Crippen molar-refractivity contribution in [3.8, 4) is 0 Å². The van der Waals surface area contributed by atoms with Crippen LogP contribution in [-0.2, 0) is 23.1 Å². The first-order chi connectivity index (χ1) is 10.3. The Morgan fingerprint density at radius 1 is 1.36 bits per heavy atom. The molecule has 1 atom stereocenters. The molecule has 1 unspecified atom stereocenters. The predicted octanol–water partition coefficient (Wildman–Crippen LogP) is 1.73. The van der Waals surface area contributed by atoms with Crippen LogP contribution in [0.2, 0.25) is 0 Å². The Balaban J connectivity index is 2.07. The summed E-state index contributed by atoms with van der Waals surface area (Å²) >= 11 is 0. The molecule has 1 aliphatic rings. The van der Waals surface area contributed by atoms with E-state index in [4.69, 9.17) is 0 Å². The molecule has 1 heterocycles. The van der Waals surface area contributed by atoms with Gasteiger partial charge in [-0.05, 0) is 38.7 Å². The lowest BCUT2D eigenvalue weighted by molar-refractivity contribution is -0.148. The van der Waals surface area contributed by atoms with Gasteiger partial charge in [-0.3, -0.25) is 9.48 Å². The van der Waals surface area contributed by atoms with Crippen LogP contribution in [0.25, 0.3) is 0 Å². The van der Waals surface area contributed by atoms with E-state index in [2.05, 4.69) is 10.4 Å². The fraction of sp³-hybridized carbons (Fsp3) is 0.688. The number of nitrogens with zero attached hydrogens (tertiary/aromatic N) is 2. The van der Waals surface area contributed by atoms with E-state index in [0.717, 1.165) is 29.8 Å². The number of aromatic nitrogens is 2. The van der Waals surface area contributed by atoms with Gasteiger partial charge < -0.3 is 10.4 Å². The quantitative estimate of drug-likeness (QED) is 0.867. The summed E-state index contributed by atoms with van der Waals surface area (Å²) in [5, 5.41) is 16.6. The van der Waals surface area contributed by atoms with Gasteiger partial charge in [-0.1, -0.05) is 19.8 Å². The Hall–Kier alpha value is -1.85. The topological polar surface area (TPSA) is 84.2 Å². The first kappa shape index (κ1) is 16.5. The van der Waals surface area contributed by atoms with Crippen LogP contribution in [0.1, 0.15) is 49.6 Å². The van der Waals surface area contributed by atoms with Gasteiger partial charge in [-0.15, -0.1) is 0 Å². The number of amides is 1. The molecule has 22 heavy (non-hydrogen) atoms. The molecule has 1 amide bonds. The second-order valence-electron chi connectivity index (χ2n) is 6.46. The molecule has 1 aromatic heterocycles. The molecule has 0 aromatic carbocycles. The fourth-order valence-electron chi connectivity index (χ4n) is 3.24. The number of rotatable bonds is 5. The van der Waals surface area contributed by atoms with Crippen LogP contribution in [0.3, 0.4) is 0 Å². The predicted molar refractivity (Wildman–Crippen MR) is 82.5 cm³/mol. The third-order valence-corrected chi connectivity index (χ3v) is 4.85. The Labute approximate surface area is 130 Å². The average Bonchev–Trinajstić information content (AvgIpc) is 3.00. The zero-order chi connectivity index (χ0) is 16.5. The standard InChI is InChI=1S/C16H25N3O3/c1-10(9-13-11(2)18-19(4)12(13)3)14(20)17-16(15(21)22)7-5-6-8-16/h10H,5-9H2,1-4H3,(H,17,20)(H,21,22). The summed E-state index contributed by atoms with van der Waals surface area (Å²) in [4.78, 5) is 24.0. The van der Waals surface area contributed by atoms with E-state index in [1.165, 1.54) is 0 Å². The van der Waals surface area contributed by atoms with Crippen molar-refractivity contribution in [2.24, 2.45) is 13.0 Å². The van der Waals surface area contributed by atoms with Crippen molar-refractivity contribution in [2.45, 2.75) is 58.4 Å². The van der Waals surface area contributed by atoms with Gasteiger partial charge in [-0.25, -0.2) is 4.79 Å². The zero-order valence-electron chi connectivity index (χ0n) is 13.8. The van der Waals surface area contributed by atoms with E-state index in [0.29, 0.717) is 19.3 Å². The van der Waals surface area contributed by atoms with Gasteiger partial charge in [0.15, 0.2) is 0 Å². The van der Waals surface area contributed by atoms with E-state index >= 15 is 0 Å². The second-order valence-corrected chi connectivity index (χ2v) is 6.46. The molecule has 0 aliphatic heterocycles. The molecule has 2 rings (SSSR count). The van der Waals surface area contributed by atoms with Gasteiger partial charge in [-0.2, -0.15) is 5.10 Å². The maximum atomic E-state index is 12.4. The lowest BCUT2D eigenvalue weighted by Gasteiger charge is -2.27. The van der Waals surface area contributed by atoms with Gasteiger partial charge in [0.25, 0.3) is 0 Å². The van der Waals surface area contributed by atoms with Crippen molar-refractivity contribution >= 4 is 11.9 Å². The summed E-state index contributed by atoms with van der Waals surface area (Å²) in [6.07, 6.45) is 3.31. The van der Waals surface area contributed by atoms with Crippen LogP contribution >= 0.6 is 0 Å². The molecule has 1 aliphatic carbocycles. The molecule has 1 fully saturated rings. The molecule has 122 valence electrons. The molecule has 0 radical (unpaired) electrons. The molecule has 1 aromatic rings. The van der Waals surface area contributed by atoms with Crippen LogP contribution < -0.4 is 5.32 Å². The minimum atomic E-state index is -1.07. The van der Waals surface area contributed by atoms with Crippen LogP contribution in [0, 0.1) is 19.8 Å². The number of carboxylic acid groups (broad SMARTS) is 1. The molecule has 6 heteroatoms. The number of carbonyl (C=O) groups excluding carboxylic acids is 1. The summed E-state index contributed by atoms with van der Waals surface area (Å²) in [5.41, 5.74) is 1.98. The number of hydrogen-bond donors (Lipinski definition) is 2. The molecule has 2 N–H and O–H groups in total. The third kappa shape index (κ3) is 3.00. The average molecular weight is 307 g/mol. The monoisotopic (exact) mass is 307 g/mol. The zero-order valence-corrected chi connectivity index (χ0v) is 13.8. The Morgan fingerprint density at radius 2 is 1.95 bits per heavy atom. The number of hydrogen-bond acceptors (Lipinski definition) is 3. The highest BCUT2D eigenvalue weighted by Gasteiger charge is 2.43. The summed E-state index contributed by atoms with van der Waals surface area (Å²) in [7, 11) is 1.88. The smallest absolute Gasteiger partial charge is 0.329 e. The van der Waals surface area contributed by atoms with Crippen LogP contribution in [0.5, 0.6) is 0 Å². The van der Waals surface area contributed by atoms with Crippen molar-refractivity contribution in [3.63, 3.8) is 0 Å². The lowest BCUT2D eigenvalue weighted by Crippen LogP contribution is -2.54. The summed E-state index contributed by atoms with van der Waals surface area (Å²) < 4.78 is 1.81. The molecule has 0 bridgehead atoms. The van der Waals surface area contributed by atoms with Crippen LogP contribution in [-0.4, -0.2) is 32.3 Å². The number of carbonyl (C=O) groups is 2. The van der Waals surface area contributed by atoms with Crippen molar-refractivity contribution in [1.82, 2.24) is 15.1 Å². The van der Waals surface area contributed by atoms with Gasteiger partial charge in [0.2, 0.25) is 5.91 Å². The fourth-order valence-corrected chi connectivity index (χ4v) is 3.24. The highest BCUT2D eigenvalue weighted by Crippen LogP contribution is 2.30. The highest BCUT2D eigenvalue weighted by molar-refractivity contribution is 5.88. The molecular weight excluding hydrogens is 282 g/mol. The largest absolute Gasteiger partial charge is 0.480 e. The van der Waals surface area contributed by atoms with Crippen molar-refractivity contribution in [1.29, 1.82) is 0 Å². The van der Waals surface area contributed by atoms with E-state index in [9.17, 15) is 14.7 Å². The lowest BCUT2D eigenvalue weighted by atomic mass is 9.94. The molecule has 0 saturated heterocycles. The van der Waals surface area contributed by atoms with Gasteiger partial charge in [0.1, 0.15) is 5.54 Å². The number of carboxylic acids is 1. The minimum Gasteiger partial charge on any atom is -0.480 e. The first-order valence-electron chi connectivity index (χ1n) is 7.81. The van der Waals surface area contributed by atoms with Crippen LogP contribution in [0.4, 0.5) is 0 Å². The first-order valence-corrected chi connectivity index (χ1v) is 7.81. The summed E-state index contributed by atoms with van der Waals surface area (Å²) in [6.45, 7) is 5.75. The third-order valence-electron chi connectivity index (χ3n) is 4.85. The van der Waals surface area contributed by atoms with E-state index < -0.39 is 11.5 Å². The Bertz CT molecular complexity index is 586. The molecular formula is C16H25N3O3. The number of nitrogens with one attached hydrogen (secondary N) is 1. The van der Waals surface area contributed by atoms with Gasteiger partial charge >= 0.3 is 5.97 Å². The second kappa shape index (κ2) is 6.10. The number of aliphatic carboxylic acids is 1. The minimum absolute atomic E-state index is 0.188. The van der Waals surface area contributed by atoms with Gasteiger partial charge in [0, 0.05) is 18.7 Å². The summed E-state index contributed by atoms with van der Waals surface area (Å²) in [6, 6.07) is 0. The highest BCUT2D eigenvalue weighted by atomic mass is 16.4. The maximum Gasteiger partial charge on any atom is 0.329 e. The Morgan fingerprint density at radius 3 is 2.41 bits per heavy atom. The SMILES string of the molecule is Cc1nn(C)c(C)c1CC(C)C(=O)NC1(C(=O)O)CCCC1. The Kier molecular flexibility index (Phi) is 4.58. The van der Waals surface area contributed by atoms with Crippen LogP contribution in [0.15, 0.2) is 0 Å². The normalized spacial score (nSPS) is 18.2. The van der Waals surface area contributed by atoms with Crippen molar-refractivity contribution in [2.75, 3.05) is 0 Å². The van der Waals surface area contributed by atoms with Gasteiger partial charge in [0.05, 0.1) is 5.69 Å². The molecule has 6 nitrogen and oxygen atoms in total. The van der Waals surface area contributed by atoms with E-state index in [1.807, 2.05) is 32.5 Å². The molecule has 0 spiro atoms. The van der Waals surface area contributed by atoms with E-state index in [-0.39, 0.29) is 11.8 Å². The van der Waals surface area contributed by atoms with E-state index in [1.54, 1.807) is 0 Å². The molecule has 1 saturated carbocycles. The maximum absolute atomic E-state index is 12.4. The number of aryl methyl sites for hydroxylation is 2. The van der Waals surface area contributed by atoms with Crippen molar-refractivity contribution in [3.05, 3.63) is 17.0 Å².